The summed E-state index contributed by atoms with van der Waals surface area (Å²) in [6.45, 7) is 4.20. The Morgan fingerprint density at radius 2 is 1.95 bits per heavy atom. The SMILES string of the molecule is CC1(C)OC2O[C@]3(CC[C@H]3O)C(OCc3ccccc3)C2O1. The second-order valence-electron chi connectivity index (χ2n) is 6.81. The molecule has 0 bridgehead atoms. The van der Waals surface area contributed by atoms with E-state index in [2.05, 4.69) is 0 Å². The molecule has 3 aliphatic rings. The van der Waals surface area contributed by atoms with Crippen LogP contribution in [0.3, 0.4) is 0 Å². The molecule has 5 atom stereocenters. The zero-order chi connectivity index (χ0) is 15.4. The third-order valence-electron chi connectivity index (χ3n) is 4.85. The largest absolute Gasteiger partial charge is 0.390 e. The van der Waals surface area contributed by atoms with Crippen LogP contribution in [0.15, 0.2) is 30.3 Å². The normalized spacial score (nSPS) is 42.3. The fraction of sp³-hybridized carbons (Fsp3) is 0.647. The number of ether oxygens (including phenoxy) is 4. The van der Waals surface area contributed by atoms with E-state index in [9.17, 15) is 5.11 Å². The van der Waals surface area contributed by atoms with Gasteiger partial charge in [0.15, 0.2) is 12.1 Å². The van der Waals surface area contributed by atoms with Gasteiger partial charge in [-0.2, -0.15) is 0 Å². The number of rotatable bonds is 3. The first-order valence-corrected chi connectivity index (χ1v) is 7.87. The Morgan fingerprint density at radius 1 is 1.18 bits per heavy atom. The molecule has 0 radical (unpaired) electrons. The molecule has 1 aromatic rings. The minimum Gasteiger partial charge on any atom is -0.390 e. The molecule has 3 fully saturated rings. The molecule has 2 heterocycles. The summed E-state index contributed by atoms with van der Waals surface area (Å²) in [7, 11) is 0. The zero-order valence-corrected chi connectivity index (χ0v) is 12.9. The molecule has 5 nitrogen and oxygen atoms in total. The van der Waals surface area contributed by atoms with Gasteiger partial charge in [-0.1, -0.05) is 30.3 Å². The molecule has 0 aromatic heterocycles. The Morgan fingerprint density at radius 3 is 2.59 bits per heavy atom. The minimum atomic E-state index is -0.681. The van der Waals surface area contributed by atoms with Gasteiger partial charge < -0.3 is 24.1 Å². The molecule has 1 saturated carbocycles. The molecule has 1 aromatic carbocycles. The summed E-state index contributed by atoms with van der Waals surface area (Å²) in [4.78, 5) is 0. The van der Waals surface area contributed by atoms with Gasteiger partial charge >= 0.3 is 0 Å². The van der Waals surface area contributed by atoms with Crippen LogP contribution in [0.4, 0.5) is 0 Å². The van der Waals surface area contributed by atoms with Gasteiger partial charge in [0, 0.05) is 0 Å². The van der Waals surface area contributed by atoms with Crippen molar-refractivity contribution in [1.82, 2.24) is 0 Å². The van der Waals surface area contributed by atoms with Gasteiger partial charge in [-0.3, -0.25) is 0 Å². The molecule has 4 rings (SSSR count). The molecular weight excluding hydrogens is 284 g/mol. The number of hydrogen-bond donors (Lipinski definition) is 1. The van der Waals surface area contributed by atoms with E-state index in [1.165, 1.54) is 0 Å². The molecular formula is C17H22O5. The molecule has 1 spiro atoms. The molecule has 22 heavy (non-hydrogen) atoms. The van der Waals surface area contributed by atoms with Crippen LogP contribution in [0, 0.1) is 0 Å². The maximum absolute atomic E-state index is 10.2. The Balaban J connectivity index is 1.53. The average molecular weight is 306 g/mol. The summed E-state index contributed by atoms with van der Waals surface area (Å²) in [5.41, 5.74) is 0.411. The summed E-state index contributed by atoms with van der Waals surface area (Å²) in [6.07, 6.45) is -0.0984. The van der Waals surface area contributed by atoms with Crippen LogP contribution >= 0.6 is 0 Å². The molecule has 5 heteroatoms. The third kappa shape index (κ3) is 2.20. The van der Waals surface area contributed by atoms with Gasteiger partial charge in [0.05, 0.1) is 12.7 Å². The van der Waals surface area contributed by atoms with Crippen LogP contribution in [-0.2, 0) is 25.6 Å². The Labute approximate surface area is 130 Å². The van der Waals surface area contributed by atoms with Crippen LogP contribution in [-0.4, -0.2) is 41.1 Å². The number of aliphatic hydroxyl groups excluding tert-OH is 1. The predicted octanol–water partition coefficient (Wildman–Crippen LogP) is 1.97. The maximum Gasteiger partial charge on any atom is 0.190 e. The van der Waals surface area contributed by atoms with Crippen LogP contribution in [0.5, 0.6) is 0 Å². The lowest BCUT2D eigenvalue weighted by atomic mass is 9.73. The number of aliphatic hydroxyl groups is 1. The van der Waals surface area contributed by atoms with Crippen molar-refractivity contribution < 1.29 is 24.1 Å². The zero-order valence-electron chi connectivity index (χ0n) is 12.9. The Kier molecular flexibility index (Phi) is 3.33. The maximum atomic E-state index is 10.2. The van der Waals surface area contributed by atoms with Gasteiger partial charge in [0.2, 0.25) is 0 Å². The highest BCUT2D eigenvalue weighted by molar-refractivity contribution is 5.16. The molecule has 3 unspecified atom stereocenters. The van der Waals surface area contributed by atoms with Crippen molar-refractivity contribution in [3.8, 4) is 0 Å². The summed E-state index contributed by atoms with van der Waals surface area (Å²) >= 11 is 0. The molecule has 1 aliphatic carbocycles. The Bertz CT molecular complexity index is 545. The van der Waals surface area contributed by atoms with E-state index >= 15 is 0 Å². The van der Waals surface area contributed by atoms with Crippen LogP contribution < -0.4 is 0 Å². The lowest BCUT2D eigenvalue weighted by molar-refractivity contribution is -0.287. The van der Waals surface area contributed by atoms with Crippen molar-refractivity contribution in [2.75, 3.05) is 0 Å². The highest BCUT2D eigenvalue weighted by Gasteiger charge is 2.68. The summed E-state index contributed by atoms with van der Waals surface area (Å²) < 4.78 is 23.9. The monoisotopic (exact) mass is 306 g/mol. The first-order valence-electron chi connectivity index (χ1n) is 7.87. The van der Waals surface area contributed by atoms with Crippen molar-refractivity contribution in [2.24, 2.45) is 0 Å². The van der Waals surface area contributed by atoms with E-state index in [1.807, 2.05) is 44.2 Å². The fourth-order valence-electron chi connectivity index (χ4n) is 3.64. The summed E-state index contributed by atoms with van der Waals surface area (Å²) in [5, 5.41) is 10.2. The first kappa shape index (κ1) is 14.6. The van der Waals surface area contributed by atoms with Crippen LogP contribution in [0.2, 0.25) is 0 Å². The van der Waals surface area contributed by atoms with Crippen LogP contribution in [0.25, 0.3) is 0 Å². The molecule has 0 amide bonds. The summed E-state index contributed by atoms with van der Waals surface area (Å²) in [5.74, 6) is -0.681. The number of fused-ring (bicyclic) bond motifs is 1. The van der Waals surface area contributed by atoms with Gasteiger partial charge in [-0.25, -0.2) is 0 Å². The molecule has 2 aliphatic heterocycles. The van der Waals surface area contributed by atoms with Crippen molar-refractivity contribution >= 4 is 0 Å². The van der Waals surface area contributed by atoms with E-state index in [-0.39, 0.29) is 12.2 Å². The third-order valence-corrected chi connectivity index (χ3v) is 4.85. The first-order chi connectivity index (χ1) is 10.5. The lowest BCUT2D eigenvalue weighted by Gasteiger charge is -2.47. The van der Waals surface area contributed by atoms with Crippen molar-refractivity contribution in [3.63, 3.8) is 0 Å². The van der Waals surface area contributed by atoms with Crippen molar-refractivity contribution in [1.29, 1.82) is 0 Å². The van der Waals surface area contributed by atoms with Crippen molar-refractivity contribution in [2.45, 2.75) is 69.3 Å². The highest BCUT2D eigenvalue weighted by atomic mass is 16.8. The van der Waals surface area contributed by atoms with E-state index in [0.29, 0.717) is 6.61 Å². The molecule has 1 N–H and O–H groups in total. The minimum absolute atomic E-state index is 0.298. The highest BCUT2D eigenvalue weighted by Crippen LogP contribution is 2.52. The number of hydrogen-bond acceptors (Lipinski definition) is 5. The van der Waals surface area contributed by atoms with Crippen LogP contribution in [0.1, 0.15) is 32.3 Å². The van der Waals surface area contributed by atoms with Crippen molar-refractivity contribution in [3.05, 3.63) is 35.9 Å². The smallest absolute Gasteiger partial charge is 0.190 e. The van der Waals surface area contributed by atoms with E-state index in [1.54, 1.807) is 0 Å². The van der Waals surface area contributed by atoms with E-state index in [0.717, 1.165) is 18.4 Å². The summed E-state index contributed by atoms with van der Waals surface area (Å²) in [6, 6.07) is 9.99. The van der Waals surface area contributed by atoms with E-state index in [4.69, 9.17) is 18.9 Å². The van der Waals surface area contributed by atoms with Gasteiger partial charge in [0.1, 0.15) is 17.8 Å². The second-order valence-corrected chi connectivity index (χ2v) is 6.81. The Hall–Kier alpha value is -0.980. The van der Waals surface area contributed by atoms with Gasteiger partial charge in [-0.05, 0) is 32.3 Å². The van der Waals surface area contributed by atoms with E-state index < -0.39 is 23.8 Å². The quantitative estimate of drug-likeness (QED) is 0.925. The average Bonchev–Trinajstić information content (AvgIpc) is 2.95. The molecule has 2 saturated heterocycles. The predicted molar refractivity (Wildman–Crippen MR) is 77.9 cm³/mol. The number of benzene rings is 1. The van der Waals surface area contributed by atoms with Gasteiger partial charge in [-0.15, -0.1) is 0 Å². The lowest BCUT2D eigenvalue weighted by Crippen LogP contribution is -2.61. The topological polar surface area (TPSA) is 57.2 Å². The van der Waals surface area contributed by atoms with Gasteiger partial charge in [0.25, 0.3) is 0 Å². The second kappa shape index (κ2) is 5.01. The molecule has 120 valence electrons. The standard InChI is InChI=1S/C17H22O5/c1-16(2)20-13-14(19-10-11-6-4-3-5-7-11)17(9-8-12(17)18)22-15(13)21-16/h3-7,12-15,18H,8-10H2,1-2H3/t12-,13?,14?,15?,17+/m1/s1. The fourth-order valence-corrected chi connectivity index (χ4v) is 3.64.